The number of benzene rings is 1. The van der Waals surface area contributed by atoms with Gasteiger partial charge in [0.05, 0.1) is 11.7 Å². The lowest BCUT2D eigenvalue weighted by molar-refractivity contribution is 0.727. The quantitative estimate of drug-likeness (QED) is 0.790. The number of rotatable bonds is 3. The lowest BCUT2D eigenvalue weighted by atomic mass is 9.98. The molecule has 2 N–H and O–H groups in total. The largest absolute Gasteiger partial charge is 0.324 e. The number of fused-ring (bicyclic) bond motifs is 1. The van der Waals surface area contributed by atoms with Crippen molar-refractivity contribution in [1.82, 2.24) is 9.61 Å². The van der Waals surface area contributed by atoms with E-state index in [9.17, 15) is 0 Å². The van der Waals surface area contributed by atoms with E-state index in [1.54, 1.807) is 0 Å². The summed E-state index contributed by atoms with van der Waals surface area (Å²) in [5.41, 5.74) is 12.4. The van der Waals surface area contributed by atoms with Crippen molar-refractivity contribution in [1.29, 1.82) is 0 Å². The fourth-order valence-corrected chi connectivity index (χ4v) is 2.79. The average molecular weight is 265 g/mol. The first-order valence-corrected chi connectivity index (χ1v) is 6.88. The van der Waals surface area contributed by atoms with Crippen LogP contribution in [0.4, 0.5) is 0 Å². The fraction of sp³-hybridized carbons (Fsp3) is 0.235. The highest BCUT2D eigenvalue weighted by atomic mass is 15.2. The van der Waals surface area contributed by atoms with E-state index in [2.05, 4.69) is 43.2 Å². The number of aryl methyl sites for hydroxylation is 2. The highest BCUT2D eigenvalue weighted by Gasteiger charge is 2.13. The zero-order chi connectivity index (χ0) is 14.1. The summed E-state index contributed by atoms with van der Waals surface area (Å²) in [4.78, 5) is 0. The van der Waals surface area contributed by atoms with Gasteiger partial charge in [0.15, 0.2) is 0 Å². The van der Waals surface area contributed by atoms with E-state index >= 15 is 0 Å². The van der Waals surface area contributed by atoms with Gasteiger partial charge in [0.2, 0.25) is 0 Å². The van der Waals surface area contributed by atoms with Crippen LogP contribution in [0.2, 0.25) is 0 Å². The van der Waals surface area contributed by atoms with Crippen LogP contribution in [0.3, 0.4) is 0 Å². The Labute approximate surface area is 119 Å². The molecule has 1 unspecified atom stereocenters. The highest BCUT2D eigenvalue weighted by Crippen LogP contribution is 2.21. The first-order chi connectivity index (χ1) is 9.63. The number of nitrogens with two attached hydrogens (primary N) is 1. The molecule has 0 bridgehead atoms. The lowest BCUT2D eigenvalue weighted by Crippen LogP contribution is -2.13. The summed E-state index contributed by atoms with van der Waals surface area (Å²) in [6, 6.07) is 12.6. The molecule has 0 aliphatic carbocycles. The molecule has 0 radical (unpaired) electrons. The van der Waals surface area contributed by atoms with Gasteiger partial charge in [-0.1, -0.05) is 35.4 Å². The van der Waals surface area contributed by atoms with Crippen molar-refractivity contribution in [3.05, 3.63) is 71.0 Å². The number of hydrogen-bond acceptors (Lipinski definition) is 2. The minimum absolute atomic E-state index is 0.0314. The van der Waals surface area contributed by atoms with Crippen molar-refractivity contribution in [3.8, 4) is 0 Å². The molecule has 0 fully saturated rings. The van der Waals surface area contributed by atoms with Gasteiger partial charge in [-0.3, -0.25) is 0 Å². The van der Waals surface area contributed by atoms with Crippen molar-refractivity contribution in [2.24, 2.45) is 5.73 Å². The monoisotopic (exact) mass is 265 g/mol. The van der Waals surface area contributed by atoms with Gasteiger partial charge < -0.3 is 5.73 Å². The number of aromatic nitrogens is 2. The van der Waals surface area contributed by atoms with Crippen LogP contribution in [0.25, 0.3) is 5.52 Å². The molecule has 102 valence electrons. The lowest BCUT2D eigenvalue weighted by Gasteiger charge is -2.12. The molecule has 0 amide bonds. The molecule has 0 saturated carbocycles. The van der Waals surface area contributed by atoms with Crippen LogP contribution in [0, 0.1) is 13.8 Å². The molecule has 0 aliphatic rings. The van der Waals surface area contributed by atoms with Gasteiger partial charge in [0.1, 0.15) is 0 Å². The van der Waals surface area contributed by atoms with Crippen LogP contribution in [0.1, 0.15) is 28.3 Å². The van der Waals surface area contributed by atoms with E-state index in [0.717, 1.165) is 17.5 Å². The first-order valence-electron chi connectivity index (χ1n) is 6.88. The summed E-state index contributed by atoms with van der Waals surface area (Å²) in [6.07, 6.45) is 4.66. The predicted octanol–water partition coefficient (Wildman–Crippen LogP) is 3.19. The molecule has 3 aromatic rings. The molecule has 2 aromatic heterocycles. The second-order valence-electron chi connectivity index (χ2n) is 5.44. The summed E-state index contributed by atoms with van der Waals surface area (Å²) in [5, 5.41) is 4.35. The van der Waals surface area contributed by atoms with Crippen LogP contribution in [0.15, 0.2) is 48.8 Å². The predicted molar refractivity (Wildman–Crippen MR) is 81.7 cm³/mol. The minimum atomic E-state index is -0.0314. The van der Waals surface area contributed by atoms with Crippen molar-refractivity contribution >= 4 is 5.52 Å². The Morgan fingerprint density at radius 2 is 1.90 bits per heavy atom. The van der Waals surface area contributed by atoms with Gasteiger partial charge in [-0.25, -0.2) is 4.52 Å². The Hall–Kier alpha value is -2.13. The molecule has 3 nitrogen and oxygen atoms in total. The van der Waals surface area contributed by atoms with Crippen LogP contribution in [-0.2, 0) is 6.42 Å². The Bertz CT molecular complexity index is 723. The van der Waals surface area contributed by atoms with E-state index < -0.39 is 0 Å². The van der Waals surface area contributed by atoms with Gasteiger partial charge in [-0.15, -0.1) is 0 Å². The SMILES string of the molecule is Cc1cc(C)cc(CC(N)c2cnn3ccccc23)c1. The van der Waals surface area contributed by atoms with Gasteiger partial charge >= 0.3 is 0 Å². The molecule has 0 aliphatic heterocycles. The van der Waals surface area contributed by atoms with Gasteiger partial charge in [0, 0.05) is 17.8 Å². The molecule has 1 atom stereocenters. The first kappa shape index (κ1) is 12.9. The zero-order valence-electron chi connectivity index (χ0n) is 11.9. The molecule has 0 spiro atoms. The van der Waals surface area contributed by atoms with Crippen molar-refractivity contribution in [2.45, 2.75) is 26.3 Å². The van der Waals surface area contributed by atoms with E-state index in [1.165, 1.54) is 16.7 Å². The number of nitrogens with zero attached hydrogens (tertiary/aromatic N) is 2. The standard InChI is InChI=1S/C17H19N3/c1-12-7-13(2)9-14(8-12)10-16(18)15-11-19-20-6-4-3-5-17(15)20/h3-9,11,16H,10,18H2,1-2H3. The molecule has 1 aromatic carbocycles. The fourth-order valence-electron chi connectivity index (χ4n) is 2.79. The molecule has 0 saturated heterocycles. The molecule has 20 heavy (non-hydrogen) atoms. The summed E-state index contributed by atoms with van der Waals surface area (Å²) >= 11 is 0. The van der Waals surface area contributed by atoms with Gasteiger partial charge in [-0.05, 0) is 38.0 Å². The Morgan fingerprint density at radius 3 is 2.65 bits per heavy atom. The van der Waals surface area contributed by atoms with Crippen LogP contribution < -0.4 is 5.73 Å². The smallest absolute Gasteiger partial charge is 0.0709 e. The maximum absolute atomic E-state index is 6.38. The molecular formula is C17H19N3. The molecule has 3 rings (SSSR count). The minimum Gasteiger partial charge on any atom is -0.324 e. The maximum Gasteiger partial charge on any atom is 0.0709 e. The second-order valence-corrected chi connectivity index (χ2v) is 5.44. The van der Waals surface area contributed by atoms with Crippen LogP contribution >= 0.6 is 0 Å². The van der Waals surface area contributed by atoms with E-state index in [0.29, 0.717) is 0 Å². The second kappa shape index (κ2) is 5.10. The third-order valence-electron chi connectivity index (χ3n) is 3.59. The van der Waals surface area contributed by atoms with E-state index in [1.807, 2.05) is 29.0 Å². The number of pyridine rings is 1. The van der Waals surface area contributed by atoms with Gasteiger partial charge in [0.25, 0.3) is 0 Å². The Morgan fingerprint density at radius 1 is 1.15 bits per heavy atom. The Kier molecular flexibility index (Phi) is 3.28. The van der Waals surface area contributed by atoms with Crippen molar-refractivity contribution in [2.75, 3.05) is 0 Å². The van der Waals surface area contributed by atoms with E-state index in [-0.39, 0.29) is 6.04 Å². The zero-order valence-corrected chi connectivity index (χ0v) is 11.9. The van der Waals surface area contributed by atoms with Crippen LogP contribution in [-0.4, -0.2) is 9.61 Å². The van der Waals surface area contributed by atoms with Gasteiger partial charge in [-0.2, -0.15) is 5.10 Å². The van der Waals surface area contributed by atoms with Crippen molar-refractivity contribution < 1.29 is 0 Å². The topological polar surface area (TPSA) is 43.3 Å². The van der Waals surface area contributed by atoms with Crippen molar-refractivity contribution in [3.63, 3.8) is 0 Å². The molecule has 3 heteroatoms. The maximum atomic E-state index is 6.38. The third kappa shape index (κ3) is 2.45. The van der Waals surface area contributed by atoms with Crippen LogP contribution in [0.5, 0.6) is 0 Å². The summed E-state index contributed by atoms with van der Waals surface area (Å²) < 4.78 is 1.87. The Balaban J connectivity index is 1.91. The highest BCUT2D eigenvalue weighted by molar-refractivity contribution is 5.55. The summed E-state index contributed by atoms with van der Waals surface area (Å²) in [6.45, 7) is 4.24. The average Bonchev–Trinajstić information content (AvgIpc) is 2.81. The summed E-state index contributed by atoms with van der Waals surface area (Å²) in [5.74, 6) is 0. The van der Waals surface area contributed by atoms with E-state index in [4.69, 9.17) is 5.73 Å². The molecule has 2 heterocycles. The normalized spacial score (nSPS) is 12.8. The third-order valence-corrected chi connectivity index (χ3v) is 3.59. The molecular weight excluding hydrogens is 246 g/mol. The number of hydrogen-bond donors (Lipinski definition) is 1. The summed E-state index contributed by atoms with van der Waals surface area (Å²) in [7, 11) is 0.